The second-order valence-electron chi connectivity index (χ2n) is 6.93. The summed E-state index contributed by atoms with van der Waals surface area (Å²) in [7, 11) is 0. The lowest BCUT2D eigenvalue weighted by molar-refractivity contribution is -0.999. The van der Waals surface area contributed by atoms with E-state index in [2.05, 4.69) is 20.8 Å². The Labute approximate surface area is 145 Å². The first kappa shape index (κ1) is 21.0. The fourth-order valence-electron chi connectivity index (χ4n) is 3.46. The van der Waals surface area contributed by atoms with Crippen molar-refractivity contribution in [1.29, 1.82) is 0 Å². The van der Waals surface area contributed by atoms with Crippen molar-refractivity contribution in [3.05, 3.63) is 35.4 Å². The predicted octanol–water partition coefficient (Wildman–Crippen LogP) is 6.32. The van der Waals surface area contributed by atoms with Gasteiger partial charge in [0.2, 0.25) is 0 Å². The van der Waals surface area contributed by atoms with Gasteiger partial charge in [0.05, 0.1) is 25.2 Å². The van der Waals surface area contributed by atoms with E-state index in [-0.39, 0.29) is 10.0 Å². The molecule has 0 amide bonds. The molecule has 0 spiro atoms. The maximum absolute atomic E-state index is 16.1. The van der Waals surface area contributed by atoms with E-state index in [1.807, 2.05) is 0 Å². The van der Waals surface area contributed by atoms with Crippen LogP contribution in [-0.2, 0) is 5.79 Å². The second kappa shape index (κ2) is 9.45. The Bertz CT molecular complexity index is 478. The Morgan fingerprint density at radius 2 is 1.33 bits per heavy atom. The highest BCUT2D eigenvalue weighted by molar-refractivity contribution is 5.23. The molecule has 0 aliphatic heterocycles. The van der Waals surface area contributed by atoms with Gasteiger partial charge in [-0.05, 0) is 31.4 Å². The number of alkyl halides is 1. The zero-order valence-corrected chi connectivity index (χ0v) is 15.7. The Morgan fingerprint density at radius 1 is 0.875 bits per heavy atom. The van der Waals surface area contributed by atoms with E-state index in [0.717, 1.165) is 44.6 Å². The molecule has 0 saturated heterocycles. The summed E-state index contributed by atoms with van der Waals surface area (Å²) in [5.74, 6) is -3.96. The number of quaternary nitrogens is 1. The van der Waals surface area contributed by atoms with E-state index in [0.29, 0.717) is 19.6 Å². The molecule has 0 aliphatic rings. The topological polar surface area (TPSA) is 0 Å². The first-order chi connectivity index (χ1) is 11.4. The Hall–Kier alpha value is -1.03. The number of nitrogens with zero attached hydrogens (tertiary/aromatic N) is 1. The summed E-state index contributed by atoms with van der Waals surface area (Å²) < 4.78 is 44.4. The van der Waals surface area contributed by atoms with Gasteiger partial charge in [-0.25, -0.2) is 8.78 Å². The minimum Gasteiger partial charge on any atom is -0.288 e. The Morgan fingerprint density at radius 3 is 1.75 bits per heavy atom. The van der Waals surface area contributed by atoms with Crippen LogP contribution in [-0.4, -0.2) is 24.1 Å². The molecular weight excluding hydrogens is 311 g/mol. The number of hydrogen-bond donors (Lipinski definition) is 0. The maximum Gasteiger partial charge on any atom is 0.268 e. The molecule has 1 rings (SSSR count). The molecule has 1 nitrogen and oxygen atoms in total. The van der Waals surface area contributed by atoms with Crippen LogP contribution < -0.4 is 0 Å². The van der Waals surface area contributed by atoms with Crippen molar-refractivity contribution in [2.75, 3.05) is 19.6 Å². The minimum atomic E-state index is -1.94. The molecule has 0 heterocycles. The highest BCUT2D eigenvalue weighted by Crippen LogP contribution is 2.40. The van der Waals surface area contributed by atoms with Crippen molar-refractivity contribution in [3.8, 4) is 0 Å². The van der Waals surface area contributed by atoms with Crippen molar-refractivity contribution < 1.29 is 17.7 Å². The van der Waals surface area contributed by atoms with Gasteiger partial charge in [-0.3, -0.25) is 4.48 Å². The number of unbranched alkanes of at least 4 members (excludes halogenated alkanes) is 3. The van der Waals surface area contributed by atoms with Crippen LogP contribution in [0, 0.1) is 11.6 Å². The molecule has 1 unspecified atom stereocenters. The highest BCUT2D eigenvalue weighted by atomic mass is 19.2. The first-order valence-corrected chi connectivity index (χ1v) is 9.35. The molecule has 0 fully saturated rings. The summed E-state index contributed by atoms with van der Waals surface area (Å²) in [4.78, 5) is 0. The van der Waals surface area contributed by atoms with Crippen molar-refractivity contribution in [1.82, 2.24) is 0 Å². The average Bonchev–Trinajstić information content (AvgIpc) is 2.56. The summed E-state index contributed by atoms with van der Waals surface area (Å²) >= 11 is 0. The normalized spacial score (nSPS) is 14.6. The number of rotatable bonds is 11. The van der Waals surface area contributed by atoms with Gasteiger partial charge in [0, 0.05) is 6.92 Å². The average molecular weight is 344 g/mol. The quantitative estimate of drug-likeness (QED) is 0.325. The van der Waals surface area contributed by atoms with Crippen LogP contribution in [0.3, 0.4) is 0 Å². The van der Waals surface area contributed by atoms with E-state index in [1.54, 1.807) is 0 Å². The number of benzene rings is 1. The molecule has 0 saturated carbocycles. The number of halogens is 3. The largest absolute Gasteiger partial charge is 0.288 e. The second-order valence-corrected chi connectivity index (χ2v) is 6.93. The summed E-state index contributed by atoms with van der Waals surface area (Å²) in [6.07, 6.45) is 5.51. The Balaban J connectivity index is 3.37. The summed E-state index contributed by atoms with van der Waals surface area (Å²) in [6, 6.07) is 3.85. The van der Waals surface area contributed by atoms with E-state index in [4.69, 9.17) is 0 Å². The van der Waals surface area contributed by atoms with Crippen molar-refractivity contribution >= 4 is 0 Å². The molecule has 0 radical (unpaired) electrons. The third kappa shape index (κ3) is 4.53. The van der Waals surface area contributed by atoms with Crippen molar-refractivity contribution in [2.45, 2.75) is 72.0 Å². The van der Waals surface area contributed by atoms with Crippen LogP contribution in [0.2, 0.25) is 0 Å². The molecule has 1 aromatic rings. The molecule has 0 N–H and O–H groups in total. The first-order valence-electron chi connectivity index (χ1n) is 9.35. The standard InChI is InChI=1S/C20H33F3N/c1-5-8-14-24(15-9-6-2,16-10-7-3)20(4,23)17-12-11-13-18(21)19(17)22/h11-13H,5-10,14-16H2,1-4H3/q+1. The molecule has 138 valence electrons. The fourth-order valence-corrected chi connectivity index (χ4v) is 3.46. The smallest absolute Gasteiger partial charge is 0.268 e. The van der Waals surface area contributed by atoms with Gasteiger partial charge in [-0.2, -0.15) is 4.39 Å². The van der Waals surface area contributed by atoms with Gasteiger partial charge < -0.3 is 0 Å². The lowest BCUT2D eigenvalue weighted by Gasteiger charge is -2.48. The molecule has 24 heavy (non-hydrogen) atoms. The van der Waals surface area contributed by atoms with Crippen LogP contribution in [0.15, 0.2) is 18.2 Å². The maximum atomic E-state index is 16.1. The highest BCUT2D eigenvalue weighted by Gasteiger charge is 2.50. The van der Waals surface area contributed by atoms with Crippen LogP contribution in [0.4, 0.5) is 13.2 Å². The third-order valence-electron chi connectivity index (χ3n) is 5.15. The lowest BCUT2D eigenvalue weighted by Crippen LogP contribution is -2.60. The van der Waals surface area contributed by atoms with E-state index in [1.165, 1.54) is 19.1 Å². The predicted molar refractivity (Wildman–Crippen MR) is 94.4 cm³/mol. The Kier molecular flexibility index (Phi) is 8.28. The fraction of sp³-hybridized carbons (Fsp3) is 0.700. The van der Waals surface area contributed by atoms with Gasteiger partial charge in [0.25, 0.3) is 5.79 Å². The van der Waals surface area contributed by atoms with Gasteiger partial charge >= 0.3 is 0 Å². The van der Waals surface area contributed by atoms with E-state index >= 15 is 4.39 Å². The monoisotopic (exact) mass is 344 g/mol. The summed E-state index contributed by atoms with van der Waals surface area (Å²) in [5.41, 5.74) is -0.147. The minimum absolute atomic E-state index is 0.147. The van der Waals surface area contributed by atoms with Crippen LogP contribution >= 0.6 is 0 Å². The molecule has 1 aromatic carbocycles. The van der Waals surface area contributed by atoms with Gasteiger partial charge in [0.15, 0.2) is 11.6 Å². The molecule has 0 bridgehead atoms. The molecule has 1 atom stereocenters. The van der Waals surface area contributed by atoms with Crippen molar-refractivity contribution in [3.63, 3.8) is 0 Å². The van der Waals surface area contributed by atoms with Crippen LogP contribution in [0.5, 0.6) is 0 Å². The zero-order chi connectivity index (χ0) is 18.2. The SMILES string of the molecule is CCCC[N+](CCCC)(CCCC)C(C)(F)c1cccc(F)c1F. The van der Waals surface area contributed by atoms with Gasteiger partial charge in [-0.15, -0.1) is 0 Å². The third-order valence-corrected chi connectivity index (χ3v) is 5.15. The van der Waals surface area contributed by atoms with Gasteiger partial charge in [-0.1, -0.05) is 46.1 Å². The van der Waals surface area contributed by atoms with Crippen molar-refractivity contribution in [2.24, 2.45) is 0 Å². The van der Waals surface area contributed by atoms with Crippen LogP contribution in [0.1, 0.15) is 71.8 Å². The molecule has 4 heteroatoms. The lowest BCUT2D eigenvalue weighted by atomic mass is 9.97. The van der Waals surface area contributed by atoms with Gasteiger partial charge in [0.1, 0.15) is 0 Å². The summed E-state index contributed by atoms with van der Waals surface area (Å²) in [5, 5.41) is 0. The van der Waals surface area contributed by atoms with E-state index < -0.39 is 17.4 Å². The molecule has 0 aliphatic carbocycles. The molecular formula is C20H33F3N+. The summed E-state index contributed by atoms with van der Waals surface area (Å²) in [6.45, 7) is 9.62. The van der Waals surface area contributed by atoms with Crippen LogP contribution in [0.25, 0.3) is 0 Å². The zero-order valence-electron chi connectivity index (χ0n) is 15.7. The number of hydrogen-bond acceptors (Lipinski definition) is 0. The van der Waals surface area contributed by atoms with E-state index in [9.17, 15) is 8.78 Å². The molecule has 0 aromatic heterocycles.